The number of carbonyl (C=O) groups excluding carboxylic acids is 2. The fourth-order valence-electron chi connectivity index (χ4n) is 8.50. The number of ketones is 1. The van der Waals surface area contributed by atoms with Crippen molar-refractivity contribution in [3.63, 3.8) is 0 Å². The molecule has 4 aliphatic carbocycles. The van der Waals surface area contributed by atoms with E-state index >= 15 is 0 Å². The minimum absolute atomic E-state index is 0.145. The average molecular weight is 419 g/mol. The first-order valence-corrected chi connectivity index (χ1v) is 12.6. The Balaban J connectivity index is 1.52. The average Bonchev–Trinajstić information content (AvgIpc) is 2.94. The van der Waals surface area contributed by atoms with Gasteiger partial charge in [0.05, 0.1) is 18.6 Å². The van der Waals surface area contributed by atoms with Crippen LogP contribution in [0.4, 0.5) is 0 Å². The van der Waals surface area contributed by atoms with E-state index in [0.29, 0.717) is 48.4 Å². The summed E-state index contributed by atoms with van der Waals surface area (Å²) in [5.74, 6) is 2.96. The molecule has 0 aromatic rings. The SMILES string of the molecule is CCCCOC(=O)CC1(O)CC[C@H]2[C@@H]3CCC4CC(=O)CC(C)[C@]4(C)[C@@H]3CC[C@@]21C. The molecule has 0 radical (unpaired) electrons. The Hall–Kier alpha value is -0.900. The molecule has 8 atom stereocenters. The Morgan fingerprint density at radius 2 is 1.83 bits per heavy atom. The monoisotopic (exact) mass is 418 g/mol. The standard InChI is InChI=1S/C26H42O4/c1-5-6-13-30-23(28)16-26(29)12-10-21-20-8-7-18-15-19(27)14-17(2)25(18,4)22(20)9-11-24(21,26)3/h17-18,20-22,29H,5-16H2,1-4H3/t17?,18?,20-,21-,22+,24-,25-,26?/m0/s1. The maximum atomic E-state index is 12.5. The molecule has 0 aliphatic heterocycles. The molecule has 0 aromatic carbocycles. The van der Waals surface area contributed by atoms with Gasteiger partial charge in [-0.1, -0.05) is 34.1 Å². The normalized spacial score (nSPS) is 47.9. The van der Waals surface area contributed by atoms with Gasteiger partial charge in [0, 0.05) is 12.8 Å². The van der Waals surface area contributed by atoms with Crippen molar-refractivity contribution in [2.75, 3.05) is 6.61 Å². The molecule has 4 saturated carbocycles. The van der Waals surface area contributed by atoms with Crippen LogP contribution in [0.15, 0.2) is 0 Å². The molecule has 4 nitrogen and oxygen atoms in total. The molecule has 0 bridgehead atoms. The van der Waals surface area contributed by atoms with Crippen molar-refractivity contribution in [1.82, 2.24) is 0 Å². The van der Waals surface area contributed by atoms with Gasteiger partial charge < -0.3 is 9.84 Å². The van der Waals surface area contributed by atoms with Crippen molar-refractivity contribution >= 4 is 11.8 Å². The van der Waals surface area contributed by atoms with Crippen molar-refractivity contribution in [3.8, 4) is 0 Å². The summed E-state index contributed by atoms with van der Waals surface area (Å²) in [4.78, 5) is 24.7. The van der Waals surface area contributed by atoms with E-state index in [0.717, 1.165) is 51.4 Å². The Morgan fingerprint density at radius 3 is 2.57 bits per heavy atom. The van der Waals surface area contributed by atoms with Crippen LogP contribution in [0, 0.1) is 40.4 Å². The first kappa shape index (κ1) is 22.3. The number of esters is 1. The van der Waals surface area contributed by atoms with E-state index in [9.17, 15) is 14.7 Å². The van der Waals surface area contributed by atoms with Crippen LogP contribution in [0.25, 0.3) is 0 Å². The molecule has 0 saturated heterocycles. The Labute approximate surface area is 182 Å². The van der Waals surface area contributed by atoms with Crippen LogP contribution in [-0.2, 0) is 14.3 Å². The zero-order valence-corrected chi connectivity index (χ0v) is 19.5. The maximum absolute atomic E-state index is 12.5. The van der Waals surface area contributed by atoms with Gasteiger partial charge in [-0.2, -0.15) is 0 Å². The summed E-state index contributed by atoms with van der Waals surface area (Å²) in [6, 6.07) is 0. The van der Waals surface area contributed by atoms with Gasteiger partial charge in [-0.3, -0.25) is 9.59 Å². The highest BCUT2D eigenvalue weighted by atomic mass is 16.5. The van der Waals surface area contributed by atoms with E-state index in [4.69, 9.17) is 4.74 Å². The van der Waals surface area contributed by atoms with Crippen molar-refractivity contribution in [2.45, 2.75) is 104 Å². The Bertz CT molecular complexity index is 689. The number of fused-ring (bicyclic) bond motifs is 5. The minimum atomic E-state index is -0.933. The van der Waals surface area contributed by atoms with Crippen molar-refractivity contribution in [1.29, 1.82) is 0 Å². The van der Waals surface area contributed by atoms with E-state index in [1.807, 2.05) is 0 Å². The van der Waals surface area contributed by atoms with Gasteiger partial charge in [0.1, 0.15) is 5.78 Å². The predicted octanol–water partition coefficient (Wildman–Crippen LogP) is 5.31. The highest BCUT2D eigenvalue weighted by molar-refractivity contribution is 5.80. The van der Waals surface area contributed by atoms with E-state index in [1.54, 1.807) is 0 Å². The number of ether oxygens (including phenoxy) is 1. The lowest BCUT2D eigenvalue weighted by molar-refractivity contribution is -0.177. The molecule has 4 fully saturated rings. The summed E-state index contributed by atoms with van der Waals surface area (Å²) in [7, 11) is 0. The number of aliphatic hydroxyl groups is 1. The molecule has 3 unspecified atom stereocenters. The van der Waals surface area contributed by atoms with Gasteiger partial charge in [-0.05, 0) is 85.4 Å². The minimum Gasteiger partial charge on any atom is -0.466 e. The lowest BCUT2D eigenvalue weighted by Crippen LogP contribution is -2.58. The molecule has 0 aromatic heterocycles. The highest BCUT2D eigenvalue weighted by Crippen LogP contribution is 2.69. The maximum Gasteiger partial charge on any atom is 0.308 e. The summed E-state index contributed by atoms with van der Waals surface area (Å²) >= 11 is 0. The lowest BCUT2D eigenvalue weighted by Gasteiger charge is -2.62. The van der Waals surface area contributed by atoms with E-state index in [2.05, 4.69) is 27.7 Å². The number of hydrogen-bond donors (Lipinski definition) is 1. The van der Waals surface area contributed by atoms with Gasteiger partial charge in [-0.25, -0.2) is 0 Å². The second-order valence-corrected chi connectivity index (χ2v) is 11.6. The van der Waals surface area contributed by atoms with Crippen LogP contribution in [0.1, 0.15) is 98.3 Å². The lowest BCUT2D eigenvalue weighted by atomic mass is 9.42. The van der Waals surface area contributed by atoms with Crippen molar-refractivity contribution in [3.05, 3.63) is 0 Å². The second kappa shape index (κ2) is 7.90. The molecular weight excluding hydrogens is 376 g/mol. The van der Waals surface area contributed by atoms with Gasteiger partial charge in [-0.15, -0.1) is 0 Å². The summed E-state index contributed by atoms with van der Waals surface area (Å²) in [5, 5.41) is 11.7. The smallest absolute Gasteiger partial charge is 0.308 e. The summed E-state index contributed by atoms with van der Waals surface area (Å²) in [6.07, 6.45) is 9.73. The highest BCUT2D eigenvalue weighted by Gasteiger charge is 2.65. The van der Waals surface area contributed by atoms with Crippen LogP contribution in [0.5, 0.6) is 0 Å². The number of Topliss-reactive ketones (excluding diaryl/α,β-unsaturated/α-hetero) is 1. The third kappa shape index (κ3) is 3.27. The molecule has 0 heterocycles. The quantitative estimate of drug-likeness (QED) is 0.485. The first-order chi connectivity index (χ1) is 14.2. The number of unbranched alkanes of at least 4 members (excludes halogenated alkanes) is 1. The van der Waals surface area contributed by atoms with Gasteiger partial charge >= 0.3 is 5.97 Å². The van der Waals surface area contributed by atoms with Gasteiger partial charge in [0.15, 0.2) is 0 Å². The first-order valence-electron chi connectivity index (χ1n) is 12.6. The molecule has 0 amide bonds. The molecule has 4 heteroatoms. The molecular formula is C26H42O4. The largest absolute Gasteiger partial charge is 0.466 e. The zero-order chi connectivity index (χ0) is 21.7. The van der Waals surface area contributed by atoms with Gasteiger partial charge in [0.25, 0.3) is 0 Å². The summed E-state index contributed by atoms with van der Waals surface area (Å²) in [5.41, 5.74) is -0.884. The van der Waals surface area contributed by atoms with Crippen LogP contribution in [0.2, 0.25) is 0 Å². The van der Waals surface area contributed by atoms with E-state index < -0.39 is 5.60 Å². The fourth-order valence-corrected chi connectivity index (χ4v) is 8.50. The third-order valence-corrected chi connectivity index (χ3v) is 10.6. The van der Waals surface area contributed by atoms with E-state index in [-0.39, 0.29) is 23.2 Å². The second-order valence-electron chi connectivity index (χ2n) is 11.6. The Morgan fingerprint density at radius 1 is 1.10 bits per heavy atom. The van der Waals surface area contributed by atoms with Crippen molar-refractivity contribution < 1.29 is 19.4 Å². The number of rotatable bonds is 5. The van der Waals surface area contributed by atoms with Crippen LogP contribution >= 0.6 is 0 Å². The summed E-state index contributed by atoms with van der Waals surface area (Å²) in [6.45, 7) is 9.58. The molecule has 30 heavy (non-hydrogen) atoms. The van der Waals surface area contributed by atoms with Crippen LogP contribution < -0.4 is 0 Å². The number of hydrogen-bond acceptors (Lipinski definition) is 4. The van der Waals surface area contributed by atoms with Crippen LogP contribution in [0.3, 0.4) is 0 Å². The van der Waals surface area contributed by atoms with Gasteiger partial charge in [0.2, 0.25) is 0 Å². The predicted molar refractivity (Wildman–Crippen MR) is 117 cm³/mol. The molecule has 4 aliphatic rings. The van der Waals surface area contributed by atoms with E-state index in [1.165, 1.54) is 6.42 Å². The topological polar surface area (TPSA) is 63.6 Å². The Kier molecular flexibility index (Phi) is 5.87. The molecule has 0 spiro atoms. The number of carbonyl (C=O) groups is 2. The van der Waals surface area contributed by atoms with Crippen LogP contribution in [-0.4, -0.2) is 29.1 Å². The molecule has 4 rings (SSSR count). The summed E-state index contributed by atoms with van der Waals surface area (Å²) < 4.78 is 5.42. The molecule has 170 valence electrons. The third-order valence-electron chi connectivity index (χ3n) is 10.6. The molecule has 1 N–H and O–H groups in total. The van der Waals surface area contributed by atoms with Crippen molar-refractivity contribution in [2.24, 2.45) is 40.4 Å². The zero-order valence-electron chi connectivity index (χ0n) is 19.5. The fraction of sp³-hybridized carbons (Fsp3) is 0.923.